The lowest BCUT2D eigenvalue weighted by atomic mass is 9.96. The standard InChI is InChI=1S/C28H21F4N3O4/c1-27(2)25(37)35(20-10-8-17(14-33)23(13-20)28(30,31)32)26(38)34(27)15-18-7-9-19(29)12-22(18)24(36)16-5-4-6-21(11-16)39-3/h4-13H,15H2,1-3H3. The van der Waals surface area contributed by atoms with E-state index in [-0.39, 0.29) is 28.9 Å². The van der Waals surface area contributed by atoms with E-state index in [2.05, 4.69) is 0 Å². The number of imide groups is 1. The molecule has 0 radical (unpaired) electrons. The second kappa shape index (κ2) is 9.87. The third-order valence-corrected chi connectivity index (χ3v) is 6.49. The molecule has 3 aromatic carbocycles. The summed E-state index contributed by atoms with van der Waals surface area (Å²) in [6.45, 7) is 2.51. The maximum atomic E-state index is 14.2. The molecule has 0 unspecified atom stereocenters. The van der Waals surface area contributed by atoms with Crippen LogP contribution in [0, 0.1) is 17.1 Å². The van der Waals surface area contributed by atoms with Crippen LogP contribution in [0.2, 0.25) is 0 Å². The summed E-state index contributed by atoms with van der Waals surface area (Å²) >= 11 is 0. The zero-order valence-electron chi connectivity index (χ0n) is 21.0. The van der Waals surface area contributed by atoms with Gasteiger partial charge in [0.05, 0.1) is 30.0 Å². The van der Waals surface area contributed by atoms with Crippen molar-refractivity contribution in [3.63, 3.8) is 0 Å². The van der Waals surface area contributed by atoms with Crippen LogP contribution in [0.4, 0.5) is 28.0 Å². The predicted molar refractivity (Wildman–Crippen MR) is 131 cm³/mol. The maximum absolute atomic E-state index is 14.2. The zero-order valence-corrected chi connectivity index (χ0v) is 21.0. The SMILES string of the molecule is COc1cccc(C(=O)c2cc(F)ccc2CN2C(=O)N(c3ccc(C#N)c(C(F)(F)F)c3)C(=O)C2(C)C)c1. The molecule has 1 heterocycles. The molecule has 0 bridgehead atoms. The molecule has 7 nitrogen and oxygen atoms in total. The summed E-state index contributed by atoms with van der Waals surface area (Å²) in [7, 11) is 1.42. The van der Waals surface area contributed by atoms with Gasteiger partial charge in [-0.2, -0.15) is 18.4 Å². The first-order chi connectivity index (χ1) is 18.3. The predicted octanol–water partition coefficient (Wildman–Crippen LogP) is 5.70. The van der Waals surface area contributed by atoms with Gasteiger partial charge in [0.25, 0.3) is 5.91 Å². The lowest BCUT2D eigenvalue weighted by molar-refractivity contribution is -0.137. The van der Waals surface area contributed by atoms with E-state index < -0.39 is 46.4 Å². The number of hydrogen-bond acceptors (Lipinski definition) is 5. The van der Waals surface area contributed by atoms with Gasteiger partial charge >= 0.3 is 12.2 Å². The number of carbonyl (C=O) groups excluding carboxylic acids is 3. The van der Waals surface area contributed by atoms with Gasteiger partial charge in [-0.15, -0.1) is 0 Å². The number of rotatable bonds is 6. The summed E-state index contributed by atoms with van der Waals surface area (Å²) in [5.74, 6) is -1.67. The molecule has 1 fully saturated rings. The number of amides is 3. The molecular formula is C28H21F4N3O4. The molecule has 0 atom stereocenters. The highest BCUT2D eigenvalue weighted by Gasteiger charge is 2.52. The molecule has 1 aliphatic heterocycles. The van der Waals surface area contributed by atoms with Crippen molar-refractivity contribution in [1.29, 1.82) is 5.26 Å². The lowest BCUT2D eigenvalue weighted by Gasteiger charge is -2.28. The van der Waals surface area contributed by atoms with Crippen molar-refractivity contribution < 1.29 is 36.7 Å². The van der Waals surface area contributed by atoms with E-state index in [1.807, 2.05) is 0 Å². The minimum absolute atomic E-state index is 0.0597. The number of anilines is 1. The van der Waals surface area contributed by atoms with Gasteiger partial charge in [0.15, 0.2) is 5.78 Å². The normalized spacial score (nSPS) is 14.9. The highest BCUT2D eigenvalue weighted by atomic mass is 19.4. The number of ether oxygens (including phenoxy) is 1. The minimum Gasteiger partial charge on any atom is -0.497 e. The first-order valence-corrected chi connectivity index (χ1v) is 11.5. The number of carbonyl (C=O) groups is 3. The smallest absolute Gasteiger partial charge is 0.417 e. The number of nitrogens with zero attached hydrogens (tertiary/aromatic N) is 3. The highest BCUT2D eigenvalue weighted by Crippen LogP contribution is 2.38. The molecule has 3 aromatic rings. The number of urea groups is 1. The summed E-state index contributed by atoms with van der Waals surface area (Å²) in [6, 6.07) is 12.7. The van der Waals surface area contributed by atoms with E-state index in [0.717, 1.165) is 29.2 Å². The van der Waals surface area contributed by atoms with Gasteiger partial charge < -0.3 is 9.64 Å². The second-order valence-electron chi connectivity index (χ2n) is 9.27. The Morgan fingerprint density at radius 2 is 1.77 bits per heavy atom. The van der Waals surface area contributed by atoms with Gasteiger partial charge in [-0.1, -0.05) is 18.2 Å². The Balaban J connectivity index is 1.74. The Hall–Kier alpha value is -4.72. The van der Waals surface area contributed by atoms with Gasteiger partial charge in [0, 0.05) is 17.7 Å². The van der Waals surface area contributed by atoms with Gasteiger partial charge in [-0.05, 0) is 61.9 Å². The van der Waals surface area contributed by atoms with Crippen LogP contribution >= 0.6 is 0 Å². The molecule has 0 aromatic heterocycles. The summed E-state index contributed by atoms with van der Waals surface area (Å²) < 4.78 is 60.0. The first-order valence-electron chi connectivity index (χ1n) is 11.5. The third-order valence-electron chi connectivity index (χ3n) is 6.49. The number of hydrogen-bond donors (Lipinski definition) is 0. The van der Waals surface area contributed by atoms with Crippen molar-refractivity contribution in [2.75, 3.05) is 12.0 Å². The van der Waals surface area contributed by atoms with E-state index in [1.54, 1.807) is 12.1 Å². The van der Waals surface area contributed by atoms with Crippen LogP contribution in [0.1, 0.15) is 46.5 Å². The average Bonchev–Trinajstić information content (AvgIpc) is 3.07. The number of halogens is 4. The molecule has 39 heavy (non-hydrogen) atoms. The van der Waals surface area contributed by atoms with Crippen LogP contribution in [0.15, 0.2) is 60.7 Å². The average molecular weight is 539 g/mol. The molecule has 0 spiro atoms. The molecule has 4 rings (SSSR count). The van der Waals surface area contributed by atoms with Crippen molar-refractivity contribution in [1.82, 2.24) is 4.90 Å². The second-order valence-corrected chi connectivity index (χ2v) is 9.27. The zero-order chi connectivity index (χ0) is 28.7. The molecule has 0 N–H and O–H groups in total. The van der Waals surface area contributed by atoms with Crippen molar-refractivity contribution in [2.24, 2.45) is 0 Å². The maximum Gasteiger partial charge on any atom is 0.417 e. The van der Waals surface area contributed by atoms with E-state index in [1.165, 1.54) is 45.2 Å². The Morgan fingerprint density at radius 3 is 2.41 bits per heavy atom. The number of ketones is 1. The number of alkyl halides is 3. The summed E-state index contributed by atoms with van der Waals surface area (Å²) in [4.78, 5) is 41.8. The molecule has 0 saturated carbocycles. The van der Waals surface area contributed by atoms with E-state index in [4.69, 9.17) is 10.00 Å². The number of benzene rings is 3. The van der Waals surface area contributed by atoms with E-state index in [9.17, 15) is 31.9 Å². The molecule has 11 heteroatoms. The minimum atomic E-state index is -4.90. The van der Waals surface area contributed by atoms with Gasteiger partial charge in [-0.3, -0.25) is 9.59 Å². The van der Waals surface area contributed by atoms with Gasteiger partial charge in [-0.25, -0.2) is 14.1 Å². The summed E-state index contributed by atoms with van der Waals surface area (Å²) in [5, 5.41) is 9.07. The molecule has 0 aliphatic carbocycles. The van der Waals surface area contributed by atoms with Gasteiger partial charge in [0.1, 0.15) is 17.1 Å². The largest absolute Gasteiger partial charge is 0.497 e. The van der Waals surface area contributed by atoms with Crippen molar-refractivity contribution in [3.05, 3.63) is 94.3 Å². The van der Waals surface area contributed by atoms with Crippen LogP contribution in [0.3, 0.4) is 0 Å². The van der Waals surface area contributed by atoms with E-state index in [0.29, 0.717) is 16.7 Å². The Morgan fingerprint density at radius 1 is 1.05 bits per heavy atom. The van der Waals surface area contributed by atoms with Crippen LogP contribution in [-0.4, -0.2) is 35.3 Å². The fraction of sp³-hybridized carbons (Fsp3) is 0.214. The lowest BCUT2D eigenvalue weighted by Crippen LogP contribution is -2.43. The summed E-state index contributed by atoms with van der Waals surface area (Å²) in [6.07, 6.45) is -4.90. The molecule has 1 saturated heterocycles. The summed E-state index contributed by atoms with van der Waals surface area (Å²) in [5.41, 5.74) is -3.49. The monoisotopic (exact) mass is 539 g/mol. The number of nitriles is 1. The quantitative estimate of drug-likeness (QED) is 0.228. The van der Waals surface area contributed by atoms with Crippen molar-refractivity contribution in [2.45, 2.75) is 32.1 Å². The fourth-order valence-electron chi connectivity index (χ4n) is 4.32. The van der Waals surface area contributed by atoms with Crippen LogP contribution in [0.25, 0.3) is 0 Å². The molecular weight excluding hydrogens is 518 g/mol. The van der Waals surface area contributed by atoms with Crippen LogP contribution in [-0.2, 0) is 17.5 Å². The Kier molecular flexibility index (Phi) is 6.91. The van der Waals surface area contributed by atoms with Crippen LogP contribution < -0.4 is 9.64 Å². The molecule has 1 aliphatic rings. The van der Waals surface area contributed by atoms with Crippen LogP contribution in [0.5, 0.6) is 5.75 Å². The van der Waals surface area contributed by atoms with Crippen molar-refractivity contribution in [3.8, 4) is 11.8 Å². The van der Waals surface area contributed by atoms with Gasteiger partial charge in [0.2, 0.25) is 0 Å². The third kappa shape index (κ3) is 4.93. The Labute approximate surface area is 220 Å². The first kappa shape index (κ1) is 27.3. The Bertz CT molecular complexity index is 1540. The fourth-order valence-corrected chi connectivity index (χ4v) is 4.32. The number of methoxy groups -OCH3 is 1. The molecule has 200 valence electrons. The van der Waals surface area contributed by atoms with Crippen molar-refractivity contribution >= 4 is 23.4 Å². The van der Waals surface area contributed by atoms with E-state index >= 15 is 0 Å². The molecule has 3 amide bonds. The topological polar surface area (TPSA) is 90.7 Å². The highest BCUT2D eigenvalue weighted by molar-refractivity contribution is 6.23.